The van der Waals surface area contributed by atoms with Gasteiger partial charge in [0.05, 0.1) is 6.10 Å². The highest BCUT2D eigenvalue weighted by atomic mass is 16.3. The maximum absolute atomic E-state index is 10.7. The first-order valence-corrected chi connectivity index (χ1v) is 8.16. The molecule has 0 aliphatic carbocycles. The van der Waals surface area contributed by atoms with Gasteiger partial charge >= 0.3 is 0 Å². The fourth-order valence-corrected chi connectivity index (χ4v) is 3.30. The summed E-state index contributed by atoms with van der Waals surface area (Å²) in [6.45, 7) is 14.6. The summed E-state index contributed by atoms with van der Waals surface area (Å²) in [5, 5.41) is 10.7. The van der Waals surface area contributed by atoms with Gasteiger partial charge in [-0.1, -0.05) is 46.6 Å². The second-order valence-electron chi connectivity index (χ2n) is 5.43. The Balaban J connectivity index is 4.46. The van der Waals surface area contributed by atoms with Crippen LogP contribution in [0.4, 0.5) is 0 Å². The van der Waals surface area contributed by atoms with Crippen LogP contribution in [0.3, 0.4) is 0 Å². The van der Waals surface area contributed by atoms with E-state index in [1.807, 2.05) is 6.08 Å². The average molecular weight is 269 g/mol. The molecular formula is C17H35NO. The lowest BCUT2D eigenvalue weighted by Crippen LogP contribution is -2.56. The van der Waals surface area contributed by atoms with E-state index in [1.165, 1.54) is 12.8 Å². The van der Waals surface area contributed by atoms with E-state index in [1.54, 1.807) is 0 Å². The van der Waals surface area contributed by atoms with Gasteiger partial charge in [-0.2, -0.15) is 0 Å². The lowest BCUT2D eigenvalue weighted by atomic mass is 9.82. The topological polar surface area (TPSA) is 23.5 Å². The summed E-state index contributed by atoms with van der Waals surface area (Å²) >= 11 is 0. The third kappa shape index (κ3) is 5.27. The molecule has 114 valence electrons. The van der Waals surface area contributed by atoms with Crippen molar-refractivity contribution in [2.24, 2.45) is 0 Å². The fraction of sp³-hybridized carbons (Fsp3) is 0.882. The molecule has 0 saturated carbocycles. The molecule has 0 heterocycles. The maximum atomic E-state index is 10.7. The van der Waals surface area contributed by atoms with Crippen LogP contribution in [-0.2, 0) is 0 Å². The zero-order valence-electron chi connectivity index (χ0n) is 13.6. The molecule has 19 heavy (non-hydrogen) atoms. The van der Waals surface area contributed by atoms with Gasteiger partial charge < -0.3 is 5.11 Å². The van der Waals surface area contributed by atoms with Crippen molar-refractivity contribution in [1.29, 1.82) is 0 Å². The maximum Gasteiger partial charge on any atom is 0.0723 e. The summed E-state index contributed by atoms with van der Waals surface area (Å²) in [5.74, 6) is 0. The number of likely N-dealkylation sites (N-methyl/N-ethyl adjacent to an activating group) is 1. The van der Waals surface area contributed by atoms with Gasteiger partial charge in [-0.25, -0.2) is 0 Å². The fourth-order valence-electron chi connectivity index (χ4n) is 3.30. The third-order valence-electron chi connectivity index (χ3n) is 4.62. The van der Waals surface area contributed by atoms with Crippen molar-refractivity contribution in [3.8, 4) is 0 Å². The molecule has 2 heteroatoms. The molecular weight excluding hydrogens is 234 g/mol. The van der Waals surface area contributed by atoms with Crippen LogP contribution in [0.5, 0.6) is 0 Å². The van der Waals surface area contributed by atoms with E-state index < -0.39 is 0 Å². The Morgan fingerprint density at radius 2 is 1.63 bits per heavy atom. The molecule has 0 spiro atoms. The van der Waals surface area contributed by atoms with Crippen LogP contribution in [0, 0.1) is 0 Å². The number of rotatable bonds is 12. The molecule has 0 rings (SSSR count). The number of nitrogens with zero attached hydrogens (tertiary/aromatic N) is 1. The van der Waals surface area contributed by atoms with E-state index in [4.69, 9.17) is 0 Å². The van der Waals surface area contributed by atoms with Gasteiger partial charge in [0.15, 0.2) is 0 Å². The quantitative estimate of drug-likeness (QED) is 0.420. The number of allylic oxidation sites excluding steroid dienone is 1. The summed E-state index contributed by atoms with van der Waals surface area (Å²) < 4.78 is 0. The number of aliphatic hydroxyl groups excluding tert-OH is 1. The van der Waals surface area contributed by atoms with Crippen molar-refractivity contribution < 1.29 is 5.11 Å². The van der Waals surface area contributed by atoms with Crippen LogP contribution in [0.1, 0.15) is 72.6 Å². The molecule has 0 aliphatic rings. The first-order chi connectivity index (χ1) is 9.12. The smallest absolute Gasteiger partial charge is 0.0723 e. The van der Waals surface area contributed by atoms with Crippen LogP contribution in [0.15, 0.2) is 12.7 Å². The van der Waals surface area contributed by atoms with Crippen molar-refractivity contribution >= 4 is 0 Å². The van der Waals surface area contributed by atoms with Crippen LogP contribution >= 0.6 is 0 Å². The average Bonchev–Trinajstić information content (AvgIpc) is 2.44. The van der Waals surface area contributed by atoms with Crippen molar-refractivity contribution in [2.45, 2.75) is 84.3 Å². The lowest BCUT2D eigenvalue weighted by molar-refractivity contribution is -0.0394. The second-order valence-corrected chi connectivity index (χ2v) is 5.43. The molecule has 0 aromatic carbocycles. The molecule has 0 bridgehead atoms. The minimum absolute atomic E-state index is 0.0259. The molecule has 0 aliphatic heterocycles. The first kappa shape index (κ1) is 18.7. The van der Waals surface area contributed by atoms with Gasteiger partial charge in [0.2, 0.25) is 0 Å². The zero-order chi connectivity index (χ0) is 14.7. The monoisotopic (exact) mass is 269 g/mol. The number of hydrogen-bond acceptors (Lipinski definition) is 2. The SMILES string of the molecule is C=CCCCCCC(O)C(CC)(CC)N(CC)CC. The number of aliphatic hydroxyl groups is 1. The highest BCUT2D eigenvalue weighted by molar-refractivity contribution is 4.94. The molecule has 0 aromatic rings. The second kappa shape index (κ2) is 10.4. The molecule has 1 atom stereocenters. The molecule has 1 N–H and O–H groups in total. The van der Waals surface area contributed by atoms with E-state index in [2.05, 4.69) is 39.2 Å². The van der Waals surface area contributed by atoms with Crippen LogP contribution in [0.2, 0.25) is 0 Å². The van der Waals surface area contributed by atoms with Gasteiger partial charge in [0.25, 0.3) is 0 Å². The van der Waals surface area contributed by atoms with Gasteiger partial charge in [-0.3, -0.25) is 4.90 Å². The summed E-state index contributed by atoms with van der Waals surface area (Å²) in [4.78, 5) is 2.45. The van der Waals surface area contributed by atoms with Crippen LogP contribution < -0.4 is 0 Å². The highest BCUT2D eigenvalue weighted by Gasteiger charge is 2.38. The lowest BCUT2D eigenvalue weighted by Gasteiger charge is -2.46. The summed E-state index contributed by atoms with van der Waals surface area (Å²) in [6.07, 6.45) is 9.38. The van der Waals surface area contributed by atoms with Gasteiger partial charge in [-0.15, -0.1) is 6.58 Å². The summed E-state index contributed by atoms with van der Waals surface area (Å²) in [6, 6.07) is 0. The zero-order valence-corrected chi connectivity index (χ0v) is 13.6. The van der Waals surface area contributed by atoms with Crippen molar-refractivity contribution in [2.75, 3.05) is 13.1 Å². The molecule has 1 unspecified atom stereocenters. The molecule has 0 saturated heterocycles. The van der Waals surface area contributed by atoms with Crippen LogP contribution in [0.25, 0.3) is 0 Å². The normalized spacial score (nSPS) is 13.8. The highest BCUT2D eigenvalue weighted by Crippen LogP contribution is 2.30. The van der Waals surface area contributed by atoms with Crippen molar-refractivity contribution in [1.82, 2.24) is 4.90 Å². The molecule has 2 nitrogen and oxygen atoms in total. The molecule has 0 amide bonds. The largest absolute Gasteiger partial charge is 0.391 e. The van der Waals surface area contributed by atoms with E-state index in [0.717, 1.165) is 45.2 Å². The molecule has 0 fully saturated rings. The van der Waals surface area contributed by atoms with E-state index >= 15 is 0 Å². The third-order valence-corrected chi connectivity index (χ3v) is 4.62. The Morgan fingerprint density at radius 1 is 1.05 bits per heavy atom. The number of unbranched alkanes of at least 4 members (excludes halogenated alkanes) is 3. The Kier molecular flexibility index (Phi) is 10.3. The minimum Gasteiger partial charge on any atom is -0.391 e. The van der Waals surface area contributed by atoms with Gasteiger partial charge in [0, 0.05) is 5.54 Å². The predicted octanol–water partition coefficient (Wildman–Crippen LogP) is 4.38. The van der Waals surface area contributed by atoms with Gasteiger partial charge in [-0.05, 0) is 45.2 Å². The summed E-state index contributed by atoms with van der Waals surface area (Å²) in [7, 11) is 0. The Morgan fingerprint density at radius 3 is 2.05 bits per heavy atom. The van der Waals surface area contributed by atoms with E-state index in [0.29, 0.717) is 0 Å². The Hall–Kier alpha value is -0.340. The summed E-state index contributed by atoms with van der Waals surface area (Å²) in [5.41, 5.74) is -0.0259. The molecule has 0 aromatic heterocycles. The van der Waals surface area contributed by atoms with E-state index in [-0.39, 0.29) is 11.6 Å². The first-order valence-electron chi connectivity index (χ1n) is 8.16. The molecule has 0 radical (unpaired) electrons. The Bertz CT molecular complexity index is 219. The minimum atomic E-state index is -0.203. The standard InChI is InChI=1S/C17H35NO/c1-6-11-12-13-14-15-16(19)17(7-2,8-3)18(9-4)10-5/h6,16,19H,1,7-15H2,2-5H3. The van der Waals surface area contributed by atoms with E-state index in [9.17, 15) is 5.11 Å². The number of hydrogen-bond donors (Lipinski definition) is 1. The van der Waals surface area contributed by atoms with Crippen LogP contribution in [-0.4, -0.2) is 34.7 Å². The van der Waals surface area contributed by atoms with Crippen molar-refractivity contribution in [3.63, 3.8) is 0 Å². The predicted molar refractivity (Wildman–Crippen MR) is 85.5 cm³/mol. The Labute approximate surface area is 120 Å². The van der Waals surface area contributed by atoms with Gasteiger partial charge in [0.1, 0.15) is 0 Å². The van der Waals surface area contributed by atoms with Crippen molar-refractivity contribution in [3.05, 3.63) is 12.7 Å².